The van der Waals surface area contributed by atoms with Gasteiger partial charge in [0.2, 0.25) is 0 Å². The smallest absolute Gasteiger partial charge is 0.336 e. The molecular weight excluding hydrogens is 254 g/mol. The molecule has 1 fully saturated rings. The number of aromatic nitrogens is 1. The number of hydrogen-bond donors (Lipinski definition) is 0. The minimum atomic E-state index is -0.657. The molecule has 1 unspecified atom stereocenters. The number of ether oxygens (including phenoxy) is 2. The first-order valence-corrected chi connectivity index (χ1v) is 5.66. The maximum absolute atomic E-state index is 11.4. The van der Waals surface area contributed by atoms with Gasteiger partial charge in [-0.25, -0.2) is 9.78 Å². The topological polar surface area (TPSA) is 94.8 Å². The second-order valence-electron chi connectivity index (χ2n) is 3.96. The summed E-state index contributed by atoms with van der Waals surface area (Å²) in [5.41, 5.74) is -0.0680. The van der Waals surface area contributed by atoms with Crippen molar-refractivity contribution in [2.24, 2.45) is 0 Å². The summed E-state index contributed by atoms with van der Waals surface area (Å²) in [6.45, 7) is 1.26. The summed E-state index contributed by atoms with van der Waals surface area (Å²) in [6, 6.07) is 2.93. The number of anilines is 1. The summed E-state index contributed by atoms with van der Waals surface area (Å²) in [6.07, 6.45) is 0.536. The highest BCUT2D eigenvalue weighted by atomic mass is 16.6. The van der Waals surface area contributed by atoms with E-state index in [1.807, 2.05) is 4.90 Å². The van der Waals surface area contributed by atoms with E-state index in [-0.39, 0.29) is 5.69 Å². The molecule has 0 N–H and O–H groups in total. The lowest BCUT2D eigenvalue weighted by Gasteiger charge is -2.32. The molecule has 0 bridgehead atoms. The Morgan fingerprint density at radius 2 is 2.42 bits per heavy atom. The average molecular weight is 267 g/mol. The number of morpholine rings is 1. The maximum atomic E-state index is 11.4. The molecule has 2 rings (SSSR count). The lowest BCUT2D eigenvalue weighted by Crippen LogP contribution is -2.46. The highest BCUT2D eigenvalue weighted by Crippen LogP contribution is 2.18. The van der Waals surface area contributed by atoms with Crippen LogP contribution in [-0.4, -0.2) is 48.8 Å². The molecule has 0 aliphatic carbocycles. The van der Waals surface area contributed by atoms with Crippen molar-refractivity contribution < 1.29 is 19.2 Å². The summed E-state index contributed by atoms with van der Waals surface area (Å²) < 4.78 is 9.92. The number of hydrogen-bond acceptors (Lipinski definition) is 7. The van der Waals surface area contributed by atoms with Crippen LogP contribution in [-0.2, 0) is 14.3 Å². The first-order chi connectivity index (χ1) is 9.11. The van der Waals surface area contributed by atoms with Gasteiger partial charge < -0.3 is 14.4 Å². The molecule has 1 saturated heterocycles. The largest absolute Gasteiger partial charge is 0.467 e. The first-order valence-electron chi connectivity index (χ1n) is 5.66. The maximum Gasteiger partial charge on any atom is 0.336 e. The zero-order valence-corrected chi connectivity index (χ0v) is 10.3. The number of pyridine rings is 1. The Bertz CT molecular complexity index is 476. The molecule has 8 heteroatoms. The lowest BCUT2D eigenvalue weighted by molar-refractivity contribution is -0.385. The molecule has 0 radical (unpaired) electrons. The molecule has 19 heavy (non-hydrogen) atoms. The molecule has 0 saturated carbocycles. The van der Waals surface area contributed by atoms with Gasteiger partial charge in [-0.15, -0.1) is 0 Å². The van der Waals surface area contributed by atoms with E-state index >= 15 is 0 Å². The first kappa shape index (κ1) is 13.2. The van der Waals surface area contributed by atoms with Gasteiger partial charge in [0.1, 0.15) is 12.0 Å². The molecule has 0 spiro atoms. The van der Waals surface area contributed by atoms with Gasteiger partial charge in [-0.1, -0.05) is 0 Å². The Hall–Kier alpha value is -2.22. The molecule has 1 aromatic heterocycles. The summed E-state index contributed by atoms with van der Waals surface area (Å²) in [4.78, 5) is 27.3. The van der Waals surface area contributed by atoms with Crippen LogP contribution in [0.3, 0.4) is 0 Å². The number of methoxy groups -OCH3 is 1. The third-order valence-corrected chi connectivity index (χ3v) is 2.80. The van der Waals surface area contributed by atoms with Crippen LogP contribution in [0.15, 0.2) is 18.3 Å². The Morgan fingerprint density at radius 1 is 1.63 bits per heavy atom. The predicted molar refractivity (Wildman–Crippen MR) is 64.9 cm³/mol. The van der Waals surface area contributed by atoms with E-state index in [1.54, 1.807) is 6.07 Å². The van der Waals surface area contributed by atoms with Gasteiger partial charge in [0.15, 0.2) is 6.10 Å². The third kappa shape index (κ3) is 2.97. The van der Waals surface area contributed by atoms with E-state index in [0.717, 1.165) is 0 Å². The zero-order chi connectivity index (χ0) is 13.8. The molecule has 1 aromatic rings. The number of esters is 1. The summed E-state index contributed by atoms with van der Waals surface area (Å²) in [7, 11) is 1.30. The van der Waals surface area contributed by atoms with Crippen LogP contribution in [0.4, 0.5) is 11.5 Å². The standard InChI is InChI=1S/C11H13N3O5/c1-18-11(15)9-7-13(4-5-19-9)10-3-2-8(6-12-10)14(16)17/h2-3,6,9H,4-5,7H2,1H3. The number of nitrogens with zero attached hydrogens (tertiary/aromatic N) is 3. The Morgan fingerprint density at radius 3 is 3.00 bits per heavy atom. The minimum absolute atomic E-state index is 0.0680. The SMILES string of the molecule is COC(=O)C1CN(c2ccc([N+](=O)[O-])cn2)CCO1. The van der Waals surface area contributed by atoms with E-state index in [2.05, 4.69) is 9.72 Å². The Labute approximate surface area is 109 Å². The molecule has 102 valence electrons. The van der Waals surface area contributed by atoms with E-state index < -0.39 is 17.0 Å². The van der Waals surface area contributed by atoms with Crippen LogP contribution in [0.1, 0.15) is 0 Å². The van der Waals surface area contributed by atoms with Crippen LogP contribution < -0.4 is 4.90 Å². The van der Waals surface area contributed by atoms with Crippen molar-refractivity contribution in [3.8, 4) is 0 Å². The zero-order valence-electron chi connectivity index (χ0n) is 10.3. The lowest BCUT2D eigenvalue weighted by atomic mass is 10.2. The summed E-state index contributed by atoms with van der Waals surface area (Å²) >= 11 is 0. The third-order valence-electron chi connectivity index (χ3n) is 2.80. The molecule has 8 nitrogen and oxygen atoms in total. The monoisotopic (exact) mass is 267 g/mol. The average Bonchev–Trinajstić information content (AvgIpc) is 2.46. The second-order valence-corrected chi connectivity index (χ2v) is 3.96. The number of carbonyl (C=O) groups excluding carboxylic acids is 1. The quantitative estimate of drug-likeness (QED) is 0.443. The van der Waals surface area contributed by atoms with Crippen LogP contribution >= 0.6 is 0 Å². The van der Waals surface area contributed by atoms with Crippen LogP contribution in [0.25, 0.3) is 0 Å². The summed E-state index contributed by atoms with van der Waals surface area (Å²) in [5, 5.41) is 10.5. The fourth-order valence-electron chi connectivity index (χ4n) is 1.80. The fourth-order valence-corrected chi connectivity index (χ4v) is 1.80. The van der Waals surface area contributed by atoms with Crippen LogP contribution in [0.5, 0.6) is 0 Å². The second kappa shape index (κ2) is 5.61. The van der Waals surface area contributed by atoms with Crippen molar-refractivity contribution in [2.75, 3.05) is 31.7 Å². The Kier molecular flexibility index (Phi) is 3.91. The predicted octanol–water partition coefficient (Wildman–Crippen LogP) is 0.368. The van der Waals surface area contributed by atoms with Gasteiger partial charge in [0.05, 0.1) is 25.2 Å². The number of rotatable bonds is 3. The van der Waals surface area contributed by atoms with Gasteiger partial charge in [-0.3, -0.25) is 10.1 Å². The molecule has 0 aromatic carbocycles. The molecule has 1 atom stereocenters. The van der Waals surface area contributed by atoms with Crippen LogP contribution in [0, 0.1) is 10.1 Å². The van der Waals surface area contributed by atoms with Gasteiger partial charge in [-0.2, -0.15) is 0 Å². The Balaban J connectivity index is 2.08. The summed E-state index contributed by atoms with van der Waals surface area (Å²) in [5.74, 6) is 0.134. The van der Waals surface area contributed by atoms with Gasteiger partial charge in [0.25, 0.3) is 5.69 Å². The molecule has 1 aliphatic heterocycles. The van der Waals surface area contributed by atoms with E-state index in [1.165, 1.54) is 19.4 Å². The minimum Gasteiger partial charge on any atom is -0.467 e. The normalized spacial score (nSPS) is 19.0. The highest BCUT2D eigenvalue weighted by molar-refractivity contribution is 5.75. The van der Waals surface area contributed by atoms with Gasteiger partial charge in [-0.05, 0) is 6.07 Å². The van der Waals surface area contributed by atoms with E-state index in [0.29, 0.717) is 25.5 Å². The van der Waals surface area contributed by atoms with Crippen molar-refractivity contribution in [1.82, 2.24) is 4.98 Å². The van der Waals surface area contributed by atoms with Crippen molar-refractivity contribution in [3.63, 3.8) is 0 Å². The molecule has 0 amide bonds. The fraction of sp³-hybridized carbons (Fsp3) is 0.455. The van der Waals surface area contributed by atoms with Crippen molar-refractivity contribution in [3.05, 3.63) is 28.4 Å². The number of carbonyl (C=O) groups is 1. The van der Waals surface area contributed by atoms with Crippen LogP contribution in [0.2, 0.25) is 0 Å². The van der Waals surface area contributed by atoms with Crippen molar-refractivity contribution in [1.29, 1.82) is 0 Å². The van der Waals surface area contributed by atoms with E-state index in [9.17, 15) is 14.9 Å². The number of nitro groups is 1. The molecule has 2 heterocycles. The molecular formula is C11H13N3O5. The van der Waals surface area contributed by atoms with Crippen molar-refractivity contribution >= 4 is 17.5 Å². The van der Waals surface area contributed by atoms with Crippen molar-refractivity contribution in [2.45, 2.75) is 6.10 Å². The van der Waals surface area contributed by atoms with E-state index in [4.69, 9.17) is 4.74 Å². The van der Waals surface area contributed by atoms with Gasteiger partial charge >= 0.3 is 5.97 Å². The highest BCUT2D eigenvalue weighted by Gasteiger charge is 2.28. The molecule has 1 aliphatic rings. The van der Waals surface area contributed by atoms with Gasteiger partial charge in [0, 0.05) is 12.6 Å².